The average molecular weight is 347 g/mol. The van der Waals surface area contributed by atoms with Crippen molar-refractivity contribution in [2.45, 2.75) is 6.54 Å². The molecule has 3 aromatic rings. The Morgan fingerprint density at radius 3 is 2.46 bits per heavy atom. The van der Waals surface area contributed by atoms with Crippen LogP contribution < -0.4 is 4.74 Å². The third kappa shape index (κ3) is 4.03. The van der Waals surface area contributed by atoms with Crippen LogP contribution in [0.5, 0.6) is 5.75 Å². The highest BCUT2D eigenvalue weighted by Gasteiger charge is 2.18. The third-order valence-corrected chi connectivity index (χ3v) is 4.09. The van der Waals surface area contributed by atoms with Gasteiger partial charge in [-0.15, -0.1) is 0 Å². The van der Waals surface area contributed by atoms with Crippen LogP contribution in [0.25, 0.3) is 11.6 Å². The smallest absolute Gasteiger partial charge is 0.254 e. The third-order valence-electron chi connectivity index (χ3n) is 4.09. The van der Waals surface area contributed by atoms with Crippen LogP contribution in [0.2, 0.25) is 0 Å². The van der Waals surface area contributed by atoms with Crippen LogP contribution in [-0.4, -0.2) is 25.0 Å². The van der Waals surface area contributed by atoms with E-state index in [1.165, 1.54) is 0 Å². The van der Waals surface area contributed by atoms with E-state index in [9.17, 15) is 4.79 Å². The summed E-state index contributed by atoms with van der Waals surface area (Å²) >= 11 is 0. The fourth-order valence-corrected chi connectivity index (χ4v) is 2.77. The van der Waals surface area contributed by atoms with Gasteiger partial charge < -0.3 is 14.1 Å². The second-order valence-electron chi connectivity index (χ2n) is 5.91. The van der Waals surface area contributed by atoms with E-state index in [0.717, 1.165) is 16.9 Å². The highest BCUT2D eigenvalue weighted by molar-refractivity contribution is 6.23. The molecule has 0 aliphatic rings. The first-order valence-corrected chi connectivity index (χ1v) is 8.37. The van der Waals surface area contributed by atoms with Crippen molar-refractivity contribution in [3.8, 4) is 5.75 Å². The number of benzene rings is 2. The van der Waals surface area contributed by atoms with E-state index in [2.05, 4.69) is 0 Å². The summed E-state index contributed by atoms with van der Waals surface area (Å²) in [7, 11) is 3.42. The summed E-state index contributed by atoms with van der Waals surface area (Å²) in [4.78, 5) is 14.8. The molecule has 1 aromatic heterocycles. The zero-order valence-electron chi connectivity index (χ0n) is 14.9. The van der Waals surface area contributed by atoms with Gasteiger partial charge in [0.05, 0.1) is 18.9 Å². The number of para-hydroxylation sites is 1. The minimum atomic E-state index is -0.0847. The van der Waals surface area contributed by atoms with Gasteiger partial charge in [-0.25, -0.2) is 0 Å². The van der Waals surface area contributed by atoms with Crippen LogP contribution in [0.3, 0.4) is 0 Å². The second kappa shape index (κ2) is 8.21. The molecule has 26 heavy (non-hydrogen) atoms. The standard InChI is InChI=1S/C22H21NO3/c1-23(16-18-11-6-7-13-21(18)25-2)22(24)20(15-19-12-8-14-26-19)17-9-4-3-5-10-17/h3-15H,16H2,1-2H3/b20-15-. The van der Waals surface area contributed by atoms with Crippen molar-refractivity contribution in [3.63, 3.8) is 0 Å². The number of carbonyl (C=O) groups excluding carboxylic acids is 1. The quantitative estimate of drug-likeness (QED) is 0.617. The highest BCUT2D eigenvalue weighted by Crippen LogP contribution is 2.24. The van der Waals surface area contributed by atoms with Gasteiger partial charge in [0.15, 0.2) is 0 Å². The molecule has 2 aromatic carbocycles. The van der Waals surface area contributed by atoms with Gasteiger partial charge in [-0.1, -0.05) is 48.5 Å². The molecule has 0 bridgehead atoms. The van der Waals surface area contributed by atoms with Crippen LogP contribution in [0.15, 0.2) is 77.4 Å². The molecular weight excluding hydrogens is 326 g/mol. The maximum Gasteiger partial charge on any atom is 0.254 e. The number of rotatable bonds is 6. The van der Waals surface area contributed by atoms with Gasteiger partial charge in [0.1, 0.15) is 11.5 Å². The van der Waals surface area contributed by atoms with E-state index >= 15 is 0 Å². The molecule has 0 radical (unpaired) electrons. The van der Waals surface area contributed by atoms with Crippen molar-refractivity contribution < 1.29 is 13.9 Å². The summed E-state index contributed by atoms with van der Waals surface area (Å²) in [6.45, 7) is 0.450. The molecule has 4 nitrogen and oxygen atoms in total. The number of methoxy groups -OCH3 is 1. The maximum absolute atomic E-state index is 13.1. The first kappa shape index (κ1) is 17.5. The van der Waals surface area contributed by atoms with Gasteiger partial charge in [0.2, 0.25) is 0 Å². The zero-order valence-corrected chi connectivity index (χ0v) is 14.9. The Hall–Kier alpha value is -3.27. The van der Waals surface area contributed by atoms with Crippen molar-refractivity contribution in [2.24, 2.45) is 0 Å². The monoisotopic (exact) mass is 347 g/mol. The molecule has 0 spiro atoms. The van der Waals surface area contributed by atoms with E-state index in [0.29, 0.717) is 17.9 Å². The van der Waals surface area contributed by atoms with Gasteiger partial charge in [-0.2, -0.15) is 0 Å². The number of nitrogens with zero attached hydrogens (tertiary/aromatic N) is 1. The molecule has 0 saturated carbocycles. The normalized spacial score (nSPS) is 11.2. The summed E-state index contributed by atoms with van der Waals surface area (Å²) in [5, 5.41) is 0. The van der Waals surface area contributed by atoms with Crippen molar-refractivity contribution >= 4 is 17.6 Å². The van der Waals surface area contributed by atoms with Crippen LogP contribution in [0, 0.1) is 0 Å². The predicted octanol–water partition coefficient (Wildman–Crippen LogP) is 4.49. The Labute approximate surface area is 153 Å². The lowest BCUT2D eigenvalue weighted by atomic mass is 10.0. The van der Waals surface area contributed by atoms with E-state index < -0.39 is 0 Å². The molecule has 0 N–H and O–H groups in total. The Morgan fingerprint density at radius 1 is 1.04 bits per heavy atom. The first-order chi connectivity index (χ1) is 12.7. The molecule has 0 atom stereocenters. The predicted molar refractivity (Wildman–Crippen MR) is 102 cm³/mol. The van der Waals surface area contributed by atoms with Crippen LogP contribution in [0.4, 0.5) is 0 Å². The minimum absolute atomic E-state index is 0.0847. The number of hydrogen-bond acceptors (Lipinski definition) is 3. The molecule has 1 heterocycles. The summed E-state index contributed by atoms with van der Waals surface area (Å²) in [6, 6.07) is 20.9. The van der Waals surface area contributed by atoms with E-state index in [1.54, 1.807) is 37.5 Å². The molecule has 132 valence electrons. The molecule has 0 aliphatic heterocycles. The van der Waals surface area contributed by atoms with E-state index in [1.807, 2.05) is 60.7 Å². The van der Waals surface area contributed by atoms with Gasteiger partial charge in [-0.3, -0.25) is 4.79 Å². The van der Waals surface area contributed by atoms with Gasteiger partial charge in [-0.05, 0) is 29.8 Å². The van der Waals surface area contributed by atoms with Gasteiger partial charge in [0, 0.05) is 19.2 Å². The largest absolute Gasteiger partial charge is 0.496 e. The number of hydrogen-bond donors (Lipinski definition) is 0. The van der Waals surface area contributed by atoms with Gasteiger partial charge in [0.25, 0.3) is 5.91 Å². The lowest BCUT2D eigenvalue weighted by Crippen LogP contribution is -2.27. The summed E-state index contributed by atoms with van der Waals surface area (Å²) < 4.78 is 10.8. The first-order valence-electron chi connectivity index (χ1n) is 8.37. The van der Waals surface area contributed by atoms with Gasteiger partial charge >= 0.3 is 0 Å². The molecule has 4 heteroatoms. The van der Waals surface area contributed by atoms with Crippen LogP contribution >= 0.6 is 0 Å². The Balaban J connectivity index is 1.90. The van der Waals surface area contributed by atoms with Crippen molar-refractivity contribution in [3.05, 3.63) is 89.9 Å². The molecular formula is C22H21NO3. The van der Waals surface area contributed by atoms with Crippen molar-refractivity contribution in [2.75, 3.05) is 14.2 Å². The summed E-state index contributed by atoms with van der Waals surface area (Å²) in [5.41, 5.74) is 2.38. The second-order valence-corrected chi connectivity index (χ2v) is 5.91. The SMILES string of the molecule is COc1ccccc1CN(C)C(=O)/C(=C\c1ccco1)c1ccccc1. The molecule has 1 amide bonds. The number of ether oxygens (including phenoxy) is 1. The number of carbonyl (C=O) groups is 1. The lowest BCUT2D eigenvalue weighted by molar-refractivity contribution is -0.124. The number of furan rings is 1. The molecule has 0 aliphatic carbocycles. The fourth-order valence-electron chi connectivity index (χ4n) is 2.77. The summed E-state index contributed by atoms with van der Waals surface area (Å²) in [6.07, 6.45) is 3.37. The average Bonchev–Trinajstić information content (AvgIpc) is 3.20. The molecule has 0 fully saturated rings. The zero-order chi connectivity index (χ0) is 18.4. The molecule has 0 unspecified atom stereocenters. The number of amides is 1. The highest BCUT2D eigenvalue weighted by atomic mass is 16.5. The topological polar surface area (TPSA) is 42.7 Å². The van der Waals surface area contributed by atoms with E-state index in [-0.39, 0.29) is 5.91 Å². The minimum Gasteiger partial charge on any atom is -0.496 e. The van der Waals surface area contributed by atoms with Crippen molar-refractivity contribution in [1.82, 2.24) is 4.90 Å². The summed E-state index contributed by atoms with van der Waals surface area (Å²) in [5.74, 6) is 1.32. The van der Waals surface area contributed by atoms with Crippen molar-refractivity contribution in [1.29, 1.82) is 0 Å². The van der Waals surface area contributed by atoms with Crippen LogP contribution in [-0.2, 0) is 11.3 Å². The fraction of sp³-hybridized carbons (Fsp3) is 0.136. The Morgan fingerprint density at radius 2 is 1.77 bits per heavy atom. The lowest BCUT2D eigenvalue weighted by Gasteiger charge is -2.20. The Kier molecular flexibility index (Phi) is 5.54. The molecule has 3 rings (SSSR count). The number of likely N-dealkylation sites (N-methyl/N-ethyl adjacent to an activating group) is 1. The Bertz CT molecular complexity index is 883. The van der Waals surface area contributed by atoms with E-state index in [4.69, 9.17) is 9.15 Å². The maximum atomic E-state index is 13.1. The molecule has 0 saturated heterocycles. The van der Waals surface area contributed by atoms with Crippen LogP contribution in [0.1, 0.15) is 16.9 Å².